The molecule has 6 nitrogen and oxygen atoms in total. The van der Waals surface area contributed by atoms with Gasteiger partial charge in [-0.1, -0.05) is 42.5 Å². The highest BCUT2D eigenvalue weighted by molar-refractivity contribution is 6.00. The zero-order valence-electron chi connectivity index (χ0n) is 12.9. The molecule has 2 aromatic carbocycles. The average Bonchev–Trinajstić information content (AvgIpc) is 2.55. The Kier molecular flexibility index (Phi) is 6.26. The molecule has 0 bridgehead atoms. The summed E-state index contributed by atoms with van der Waals surface area (Å²) in [5.74, 6) is -0.823. The Labute approximate surface area is 134 Å². The minimum Gasteiger partial charge on any atom is -0.383 e. The lowest BCUT2D eigenvalue weighted by molar-refractivity contribution is -0.129. The maximum Gasteiger partial charge on any atom is 0.249 e. The highest BCUT2D eigenvalue weighted by atomic mass is 16.5. The first-order chi connectivity index (χ1) is 11.2. The van der Waals surface area contributed by atoms with Crippen LogP contribution in [0, 0.1) is 0 Å². The number of amides is 2. The number of benzene rings is 2. The van der Waals surface area contributed by atoms with Gasteiger partial charge in [0, 0.05) is 19.2 Å². The first kappa shape index (κ1) is 16.6. The molecule has 0 aliphatic heterocycles. The Morgan fingerprint density at radius 1 is 1.13 bits per heavy atom. The van der Waals surface area contributed by atoms with Gasteiger partial charge in [-0.25, -0.2) is 5.43 Å². The van der Waals surface area contributed by atoms with E-state index >= 15 is 0 Å². The smallest absolute Gasteiger partial charge is 0.249 e. The predicted molar refractivity (Wildman–Crippen MR) is 89.2 cm³/mol. The van der Waals surface area contributed by atoms with Gasteiger partial charge < -0.3 is 10.1 Å². The Bertz CT molecular complexity index is 708. The molecule has 0 aromatic heterocycles. The number of fused-ring (bicyclic) bond motifs is 1. The molecular weight excluding hydrogens is 294 g/mol. The first-order valence-electron chi connectivity index (χ1n) is 7.26. The summed E-state index contributed by atoms with van der Waals surface area (Å²) in [4.78, 5) is 23.1. The minimum absolute atomic E-state index is 0.267. The summed E-state index contributed by atoms with van der Waals surface area (Å²) in [6.07, 6.45) is 1.31. The predicted octanol–water partition coefficient (Wildman–Crippen LogP) is 1.44. The number of hydrogen-bond donors (Lipinski definition) is 2. The quantitative estimate of drug-likeness (QED) is 0.351. The molecule has 6 heteroatoms. The number of carbonyl (C=O) groups is 2. The fourth-order valence-electron chi connectivity index (χ4n) is 2.08. The summed E-state index contributed by atoms with van der Waals surface area (Å²) >= 11 is 0. The van der Waals surface area contributed by atoms with Crippen LogP contribution in [0.2, 0.25) is 0 Å². The van der Waals surface area contributed by atoms with Crippen LogP contribution in [-0.2, 0) is 14.3 Å². The summed E-state index contributed by atoms with van der Waals surface area (Å²) in [6.45, 7) is 0.786. The van der Waals surface area contributed by atoms with Gasteiger partial charge in [0.25, 0.3) is 0 Å². The van der Waals surface area contributed by atoms with Crippen molar-refractivity contribution in [2.24, 2.45) is 5.10 Å². The molecule has 0 radical (unpaired) electrons. The van der Waals surface area contributed by atoms with Crippen molar-refractivity contribution in [3.05, 3.63) is 48.0 Å². The number of hydrogen-bond acceptors (Lipinski definition) is 4. The van der Waals surface area contributed by atoms with Gasteiger partial charge in [0.15, 0.2) is 0 Å². The Balaban J connectivity index is 1.88. The molecule has 120 valence electrons. The van der Waals surface area contributed by atoms with Crippen molar-refractivity contribution in [1.29, 1.82) is 0 Å². The van der Waals surface area contributed by atoms with Gasteiger partial charge in [0.2, 0.25) is 11.8 Å². The SMILES string of the molecule is COCCNC(=O)CC(=O)N/N=C/c1cccc2ccccc12. The molecule has 0 fully saturated rings. The normalized spacial score (nSPS) is 10.8. The van der Waals surface area contributed by atoms with Crippen LogP contribution in [0.5, 0.6) is 0 Å². The summed E-state index contributed by atoms with van der Waals surface area (Å²) in [7, 11) is 1.54. The number of rotatable bonds is 7. The molecular formula is C17H19N3O3. The second-order valence-corrected chi connectivity index (χ2v) is 4.88. The number of nitrogens with one attached hydrogen (secondary N) is 2. The second kappa shape index (κ2) is 8.65. The van der Waals surface area contributed by atoms with Gasteiger partial charge in [0.05, 0.1) is 12.8 Å². The maximum atomic E-state index is 11.6. The van der Waals surface area contributed by atoms with Crippen molar-refractivity contribution in [3.63, 3.8) is 0 Å². The van der Waals surface area contributed by atoms with Gasteiger partial charge >= 0.3 is 0 Å². The Hall–Kier alpha value is -2.73. The summed E-state index contributed by atoms with van der Waals surface area (Å²) < 4.78 is 4.81. The average molecular weight is 313 g/mol. The van der Waals surface area contributed by atoms with Crippen LogP contribution >= 0.6 is 0 Å². The van der Waals surface area contributed by atoms with Gasteiger partial charge in [-0.15, -0.1) is 0 Å². The molecule has 0 atom stereocenters. The molecule has 0 saturated carbocycles. The molecule has 2 N–H and O–H groups in total. The van der Waals surface area contributed by atoms with Crippen molar-refractivity contribution >= 4 is 28.8 Å². The lowest BCUT2D eigenvalue weighted by atomic mass is 10.1. The third-order valence-electron chi connectivity index (χ3n) is 3.17. The van der Waals surface area contributed by atoms with E-state index in [-0.39, 0.29) is 12.3 Å². The van der Waals surface area contributed by atoms with Crippen LogP contribution in [0.25, 0.3) is 10.8 Å². The van der Waals surface area contributed by atoms with Gasteiger partial charge in [0.1, 0.15) is 6.42 Å². The third kappa shape index (κ3) is 5.19. The molecule has 0 saturated heterocycles. The number of hydrazone groups is 1. The van der Waals surface area contributed by atoms with E-state index in [1.165, 1.54) is 0 Å². The van der Waals surface area contributed by atoms with E-state index in [1.807, 2.05) is 42.5 Å². The van der Waals surface area contributed by atoms with Crippen LogP contribution < -0.4 is 10.7 Å². The summed E-state index contributed by atoms with van der Waals surface area (Å²) in [5.41, 5.74) is 3.25. The summed E-state index contributed by atoms with van der Waals surface area (Å²) in [6, 6.07) is 13.8. The van der Waals surface area contributed by atoms with Gasteiger partial charge in [-0.3, -0.25) is 9.59 Å². The third-order valence-corrected chi connectivity index (χ3v) is 3.17. The van der Waals surface area contributed by atoms with Gasteiger partial charge in [-0.2, -0.15) is 5.10 Å². The lowest BCUT2D eigenvalue weighted by Crippen LogP contribution is -2.31. The molecule has 0 heterocycles. The lowest BCUT2D eigenvalue weighted by Gasteiger charge is -2.04. The van der Waals surface area contributed by atoms with Crippen molar-refractivity contribution in [2.45, 2.75) is 6.42 Å². The first-order valence-corrected chi connectivity index (χ1v) is 7.26. The molecule has 2 aromatic rings. The molecule has 0 aliphatic carbocycles. The van der Waals surface area contributed by atoms with Crippen molar-refractivity contribution in [1.82, 2.24) is 10.7 Å². The second-order valence-electron chi connectivity index (χ2n) is 4.88. The van der Waals surface area contributed by atoms with Crippen LogP contribution in [0.4, 0.5) is 0 Å². The molecule has 0 unspecified atom stereocenters. The Morgan fingerprint density at radius 2 is 1.91 bits per heavy atom. The summed E-state index contributed by atoms with van der Waals surface area (Å²) in [5, 5.41) is 8.63. The van der Waals surface area contributed by atoms with Crippen LogP contribution in [0.3, 0.4) is 0 Å². The van der Waals surface area contributed by atoms with Crippen molar-refractivity contribution < 1.29 is 14.3 Å². The van der Waals surface area contributed by atoms with Crippen molar-refractivity contribution in [3.8, 4) is 0 Å². The topological polar surface area (TPSA) is 79.8 Å². The largest absolute Gasteiger partial charge is 0.383 e. The van der Waals surface area contributed by atoms with E-state index in [2.05, 4.69) is 15.8 Å². The van der Waals surface area contributed by atoms with E-state index in [1.54, 1.807) is 13.3 Å². The molecule has 0 spiro atoms. The minimum atomic E-state index is -0.462. The number of ether oxygens (including phenoxy) is 1. The van der Waals surface area contributed by atoms with E-state index < -0.39 is 5.91 Å². The van der Waals surface area contributed by atoms with E-state index in [9.17, 15) is 9.59 Å². The van der Waals surface area contributed by atoms with Crippen LogP contribution in [-0.4, -0.2) is 38.3 Å². The van der Waals surface area contributed by atoms with Crippen LogP contribution in [0.1, 0.15) is 12.0 Å². The fourth-order valence-corrected chi connectivity index (χ4v) is 2.08. The van der Waals surface area contributed by atoms with E-state index in [0.29, 0.717) is 13.2 Å². The van der Waals surface area contributed by atoms with E-state index in [4.69, 9.17) is 4.74 Å². The highest BCUT2D eigenvalue weighted by Gasteiger charge is 2.07. The van der Waals surface area contributed by atoms with Crippen LogP contribution in [0.15, 0.2) is 47.6 Å². The standard InChI is InChI=1S/C17H19N3O3/c1-23-10-9-18-16(21)11-17(22)20-19-12-14-7-4-6-13-5-2-3-8-15(13)14/h2-8,12H,9-11H2,1H3,(H,18,21)(H,20,22)/b19-12+. The molecule has 0 aliphatic rings. The zero-order chi connectivity index (χ0) is 16.5. The monoisotopic (exact) mass is 313 g/mol. The molecule has 2 rings (SSSR count). The highest BCUT2D eigenvalue weighted by Crippen LogP contribution is 2.16. The molecule has 2 amide bonds. The van der Waals surface area contributed by atoms with Gasteiger partial charge in [-0.05, 0) is 10.8 Å². The van der Waals surface area contributed by atoms with Crippen molar-refractivity contribution in [2.75, 3.05) is 20.3 Å². The molecule has 23 heavy (non-hydrogen) atoms. The Morgan fingerprint density at radius 3 is 2.74 bits per heavy atom. The number of nitrogens with zero attached hydrogens (tertiary/aromatic N) is 1. The zero-order valence-corrected chi connectivity index (χ0v) is 12.9. The van der Waals surface area contributed by atoms with E-state index in [0.717, 1.165) is 16.3 Å². The number of methoxy groups -OCH3 is 1. The number of carbonyl (C=O) groups excluding carboxylic acids is 2. The maximum absolute atomic E-state index is 11.6. The fraction of sp³-hybridized carbons (Fsp3) is 0.235.